The maximum Gasteiger partial charge on any atom is 0.410 e. The van der Waals surface area contributed by atoms with Gasteiger partial charge in [0.2, 0.25) is 0 Å². The van der Waals surface area contributed by atoms with Crippen molar-refractivity contribution in [2.24, 2.45) is 11.5 Å². The standard InChI is InChI=1S/C36H50N6O6/c37-17-15-27-7-11-29(12-8-27)33(43)39-19-23-41(24-20-39)35(45)47-31-3-1-4-32(6-2-5-31)48-36(46)42-25-21-40(22-26-42)34(44)30-13-9-28(10-14-30)16-18-38/h7-14,31-32H,1-6,15-26,37-38H2/t31-,32+. The van der Waals surface area contributed by atoms with Gasteiger partial charge in [-0.2, -0.15) is 0 Å². The van der Waals surface area contributed by atoms with Crippen molar-refractivity contribution in [1.29, 1.82) is 0 Å². The lowest BCUT2D eigenvalue weighted by atomic mass is 9.96. The minimum atomic E-state index is -0.331. The van der Waals surface area contributed by atoms with Gasteiger partial charge in [0.05, 0.1) is 0 Å². The molecule has 260 valence electrons. The molecule has 12 nitrogen and oxygen atoms in total. The predicted molar refractivity (Wildman–Crippen MR) is 182 cm³/mol. The second-order valence-electron chi connectivity index (χ2n) is 12.9. The number of hydrogen-bond donors (Lipinski definition) is 2. The van der Waals surface area contributed by atoms with E-state index in [2.05, 4.69) is 0 Å². The normalized spacial score (nSPS) is 20.5. The molecule has 2 aliphatic heterocycles. The van der Waals surface area contributed by atoms with E-state index in [1.54, 1.807) is 19.6 Å². The topological polar surface area (TPSA) is 152 Å². The van der Waals surface area contributed by atoms with Crippen LogP contribution in [-0.4, -0.2) is 121 Å². The predicted octanol–water partition coefficient (Wildman–Crippen LogP) is 3.27. The van der Waals surface area contributed by atoms with E-state index in [4.69, 9.17) is 20.9 Å². The smallest absolute Gasteiger partial charge is 0.410 e. The fourth-order valence-electron chi connectivity index (χ4n) is 6.62. The summed E-state index contributed by atoms with van der Waals surface area (Å²) in [5, 5.41) is 0. The molecule has 2 saturated heterocycles. The monoisotopic (exact) mass is 662 g/mol. The Hall–Kier alpha value is -4.16. The summed E-state index contributed by atoms with van der Waals surface area (Å²) >= 11 is 0. The second-order valence-corrected chi connectivity index (χ2v) is 12.9. The lowest BCUT2D eigenvalue weighted by Gasteiger charge is -2.36. The Balaban J connectivity index is 0.981. The third-order valence-electron chi connectivity index (χ3n) is 9.56. The van der Waals surface area contributed by atoms with Crippen LogP contribution in [0.4, 0.5) is 9.59 Å². The molecule has 0 spiro atoms. The van der Waals surface area contributed by atoms with E-state index in [1.807, 2.05) is 48.5 Å². The van der Waals surface area contributed by atoms with Gasteiger partial charge in [0.15, 0.2) is 0 Å². The van der Waals surface area contributed by atoms with E-state index in [-0.39, 0.29) is 36.2 Å². The summed E-state index contributed by atoms with van der Waals surface area (Å²) in [7, 11) is 0. The van der Waals surface area contributed by atoms with Crippen LogP contribution in [0.2, 0.25) is 0 Å². The van der Waals surface area contributed by atoms with Gasteiger partial charge in [0, 0.05) is 63.5 Å². The highest BCUT2D eigenvalue weighted by atomic mass is 16.6. The van der Waals surface area contributed by atoms with E-state index < -0.39 is 0 Å². The summed E-state index contributed by atoms with van der Waals surface area (Å²) in [6, 6.07) is 15.1. The Morgan fingerprint density at radius 2 is 0.833 bits per heavy atom. The zero-order valence-electron chi connectivity index (χ0n) is 27.9. The average molecular weight is 663 g/mol. The molecule has 0 radical (unpaired) electrons. The first kappa shape index (κ1) is 35.2. The number of hydrogen-bond acceptors (Lipinski definition) is 8. The second kappa shape index (κ2) is 17.3. The van der Waals surface area contributed by atoms with Crippen molar-refractivity contribution in [3.8, 4) is 0 Å². The van der Waals surface area contributed by atoms with Crippen LogP contribution in [0.3, 0.4) is 0 Å². The van der Waals surface area contributed by atoms with Crippen LogP contribution >= 0.6 is 0 Å². The molecular weight excluding hydrogens is 612 g/mol. The first-order valence-electron chi connectivity index (χ1n) is 17.4. The summed E-state index contributed by atoms with van der Waals surface area (Å²) in [6.45, 7) is 4.74. The number of nitrogens with two attached hydrogens (primary N) is 2. The van der Waals surface area contributed by atoms with Gasteiger partial charge in [-0.25, -0.2) is 9.59 Å². The summed E-state index contributed by atoms with van der Waals surface area (Å²) in [4.78, 5) is 58.7. The lowest BCUT2D eigenvalue weighted by Crippen LogP contribution is -2.51. The summed E-state index contributed by atoms with van der Waals surface area (Å²) in [5.41, 5.74) is 14.7. The van der Waals surface area contributed by atoms with Gasteiger partial charge in [-0.3, -0.25) is 9.59 Å². The summed E-state index contributed by atoms with van der Waals surface area (Å²) < 4.78 is 11.8. The van der Waals surface area contributed by atoms with Gasteiger partial charge in [-0.05, 0) is 99.8 Å². The molecule has 0 aromatic heterocycles. The molecule has 48 heavy (non-hydrogen) atoms. The van der Waals surface area contributed by atoms with E-state index in [0.29, 0.717) is 102 Å². The molecule has 1 aliphatic carbocycles. The maximum absolute atomic E-state index is 13.0. The number of nitrogens with zero attached hydrogens (tertiary/aromatic N) is 4. The van der Waals surface area contributed by atoms with Crippen molar-refractivity contribution in [3.63, 3.8) is 0 Å². The van der Waals surface area contributed by atoms with Crippen LogP contribution in [0.25, 0.3) is 0 Å². The maximum atomic E-state index is 13.0. The van der Waals surface area contributed by atoms with Crippen LogP contribution in [-0.2, 0) is 22.3 Å². The van der Waals surface area contributed by atoms with Crippen molar-refractivity contribution in [3.05, 3.63) is 70.8 Å². The first-order valence-corrected chi connectivity index (χ1v) is 17.4. The highest BCUT2D eigenvalue weighted by molar-refractivity contribution is 5.95. The van der Waals surface area contributed by atoms with Crippen molar-refractivity contribution in [1.82, 2.24) is 19.6 Å². The third-order valence-corrected chi connectivity index (χ3v) is 9.56. The molecule has 12 heteroatoms. The Kier molecular flexibility index (Phi) is 12.7. The fourth-order valence-corrected chi connectivity index (χ4v) is 6.62. The number of ether oxygens (including phenoxy) is 2. The highest BCUT2D eigenvalue weighted by Gasteiger charge is 2.30. The van der Waals surface area contributed by atoms with E-state index in [1.165, 1.54) is 0 Å². The lowest BCUT2D eigenvalue weighted by molar-refractivity contribution is 0.0165. The Morgan fingerprint density at radius 3 is 1.15 bits per heavy atom. The van der Waals surface area contributed by atoms with Gasteiger partial charge in [0.1, 0.15) is 12.2 Å². The number of piperazine rings is 2. The Labute approximate surface area is 283 Å². The van der Waals surface area contributed by atoms with Gasteiger partial charge < -0.3 is 40.5 Å². The zero-order chi connectivity index (χ0) is 33.9. The molecule has 3 fully saturated rings. The molecule has 0 atom stereocenters. The Morgan fingerprint density at radius 1 is 0.521 bits per heavy atom. The minimum absolute atomic E-state index is 0.0319. The summed E-state index contributed by atoms with van der Waals surface area (Å²) in [6.07, 6.45) is 4.97. The average Bonchev–Trinajstić information content (AvgIpc) is 3.10. The molecule has 4 N–H and O–H groups in total. The fraction of sp³-hybridized carbons (Fsp3) is 0.556. The molecule has 5 rings (SSSR count). The number of amides is 4. The highest BCUT2D eigenvalue weighted by Crippen LogP contribution is 2.24. The minimum Gasteiger partial charge on any atom is -0.446 e. The van der Waals surface area contributed by atoms with Crippen molar-refractivity contribution in [2.75, 3.05) is 65.4 Å². The van der Waals surface area contributed by atoms with Crippen molar-refractivity contribution >= 4 is 24.0 Å². The number of carbonyl (C=O) groups excluding carboxylic acids is 4. The van der Waals surface area contributed by atoms with E-state index >= 15 is 0 Å². The molecule has 4 amide bonds. The van der Waals surface area contributed by atoms with Gasteiger partial charge >= 0.3 is 12.2 Å². The molecule has 2 aromatic rings. The van der Waals surface area contributed by atoms with E-state index in [0.717, 1.165) is 36.8 Å². The van der Waals surface area contributed by atoms with Crippen LogP contribution < -0.4 is 11.5 Å². The third kappa shape index (κ3) is 9.47. The molecule has 2 aromatic carbocycles. The van der Waals surface area contributed by atoms with E-state index in [9.17, 15) is 19.2 Å². The molecule has 2 heterocycles. The molecule has 1 saturated carbocycles. The first-order chi connectivity index (χ1) is 23.3. The van der Waals surface area contributed by atoms with Gasteiger partial charge in [-0.1, -0.05) is 24.3 Å². The van der Waals surface area contributed by atoms with Crippen LogP contribution in [0.5, 0.6) is 0 Å². The van der Waals surface area contributed by atoms with Crippen molar-refractivity contribution in [2.45, 2.75) is 63.6 Å². The number of benzene rings is 2. The van der Waals surface area contributed by atoms with Crippen LogP contribution in [0, 0.1) is 0 Å². The van der Waals surface area contributed by atoms with Crippen molar-refractivity contribution < 1.29 is 28.7 Å². The zero-order valence-corrected chi connectivity index (χ0v) is 27.9. The number of carbonyl (C=O) groups is 4. The SMILES string of the molecule is NCCc1ccc(C(=O)N2CCN(C(=O)O[C@H]3CCC[C@@H](OC(=O)N4CCN(C(=O)c5ccc(CCN)cc5)CC4)CCC3)CC2)cc1. The van der Waals surface area contributed by atoms with Gasteiger partial charge in [0.25, 0.3) is 11.8 Å². The van der Waals surface area contributed by atoms with Crippen LogP contribution in [0.15, 0.2) is 48.5 Å². The molecule has 3 aliphatic rings. The largest absolute Gasteiger partial charge is 0.446 e. The molecule has 0 bridgehead atoms. The molecular formula is C36H50N6O6. The quantitative estimate of drug-likeness (QED) is 0.437. The van der Waals surface area contributed by atoms with Crippen LogP contribution in [0.1, 0.15) is 70.4 Å². The number of rotatable bonds is 8. The van der Waals surface area contributed by atoms with Gasteiger partial charge in [-0.15, -0.1) is 0 Å². The summed E-state index contributed by atoms with van der Waals surface area (Å²) in [5.74, 6) is -0.0638. The molecule has 0 unspecified atom stereocenters. The Bertz CT molecular complexity index is 1260.